The van der Waals surface area contributed by atoms with E-state index in [-0.39, 0.29) is 22.1 Å². The van der Waals surface area contributed by atoms with Gasteiger partial charge in [0.25, 0.3) is 5.91 Å². The van der Waals surface area contributed by atoms with Crippen molar-refractivity contribution in [2.45, 2.75) is 24.5 Å². The number of amides is 1. The summed E-state index contributed by atoms with van der Waals surface area (Å²) in [6.45, 7) is -0.384. The van der Waals surface area contributed by atoms with Gasteiger partial charge in [0, 0.05) is 0 Å². The molecule has 236 valence electrons. The zero-order valence-corrected chi connectivity index (χ0v) is 26.3. The van der Waals surface area contributed by atoms with E-state index in [0.717, 1.165) is 17.3 Å². The van der Waals surface area contributed by atoms with Crippen molar-refractivity contribution in [3.63, 3.8) is 0 Å². The largest absolute Gasteiger partial charge is 0.459 e. The fourth-order valence-corrected chi connectivity index (χ4v) is 6.37. The number of thioether (sulfide) groups is 1. The number of rotatable bonds is 9. The molecular weight excluding hydrogens is 639 g/mol. The first kappa shape index (κ1) is 31.9. The van der Waals surface area contributed by atoms with Crippen molar-refractivity contribution in [1.82, 2.24) is 4.90 Å². The lowest BCUT2D eigenvalue weighted by molar-refractivity contribution is -0.137. The van der Waals surface area contributed by atoms with Gasteiger partial charge in [0.15, 0.2) is 22.8 Å². The molecule has 0 unspecified atom stereocenters. The Morgan fingerprint density at radius 3 is 1.70 bits per heavy atom. The maximum absolute atomic E-state index is 13.9. The molecule has 2 fully saturated rings. The van der Waals surface area contributed by atoms with Crippen molar-refractivity contribution in [2.24, 2.45) is 0 Å². The van der Waals surface area contributed by atoms with Gasteiger partial charge in [-0.2, -0.15) is 0 Å². The summed E-state index contributed by atoms with van der Waals surface area (Å²) in [5.74, 6) is -2.59. The highest BCUT2D eigenvalue weighted by Gasteiger charge is 2.56. The topological polar surface area (TPSA) is 108 Å². The van der Waals surface area contributed by atoms with E-state index >= 15 is 0 Å². The molecule has 2 saturated heterocycles. The second-order valence-electron chi connectivity index (χ2n) is 10.5. The zero-order chi connectivity index (χ0) is 32.8. The molecule has 9 nitrogen and oxygen atoms in total. The molecule has 2 heterocycles. The molecule has 2 aliphatic rings. The molecule has 1 amide bonds. The molecule has 0 aromatic heterocycles. The SMILES string of the molecule is O=C(OC[C@H]1O[C@@H](N2C(=O)C(=Cc3ccccc3)SC2=S)[C@H](OC(=O)c2ccccc2)[C@@H]1OC(=O)c1ccccc1)c1ccccc1. The second kappa shape index (κ2) is 14.5. The monoisotopic (exact) mass is 665 g/mol. The first-order valence-electron chi connectivity index (χ1n) is 14.6. The van der Waals surface area contributed by atoms with Crippen LogP contribution in [0.2, 0.25) is 0 Å². The number of carbonyl (C=O) groups is 4. The van der Waals surface area contributed by atoms with E-state index in [2.05, 4.69) is 0 Å². The predicted molar refractivity (Wildman–Crippen MR) is 178 cm³/mol. The van der Waals surface area contributed by atoms with Crippen LogP contribution in [0, 0.1) is 0 Å². The zero-order valence-electron chi connectivity index (χ0n) is 24.7. The summed E-state index contributed by atoms with van der Waals surface area (Å²) in [5, 5.41) is 0. The minimum Gasteiger partial charge on any atom is -0.459 e. The third kappa shape index (κ3) is 7.33. The van der Waals surface area contributed by atoms with Crippen LogP contribution < -0.4 is 0 Å². The second-order valence-corrected chi connectivity index (χ2v) is 12.1. The number of ether oxygens (including phenoxy) is 4. The van der Waals surface area contributed by atoms with Crippen molar-refractivity contribution in [3.8, 4) is 0 Å². The Labute approximate surface area is 280 Å². The quantitative estimate of drug-likeness (QED) is 0.0925. The minimum absolute atomic E-state index is 0.151. The molecule has 4 aromatic carbocycles. The Hall–Kier alpha value is -5.10. The van der Waals surface area contributed by atoms with Gasteiger partial charge in [-0.1, -0.05) is 109 Å². The Morgan fingerprint density at radius 2 is 1.17 bits per heavy atom. The highest BCUT2D eigenvalue weighted by atomic mass is 32.2. The van der Waals surface area contributed by atoms with Gasteiger partial charge < -0.3 is 18.9 Å². The van der Waals surface area contributed by atoms with Gasteiger partial charge in [0.05, 0.1) is 21.6 Å². The average Bonchev–Trinajstić information content (AvgIpc) is 3.58. The summed E-state index contributed by atoms with van der Waals surface area (Å²) < 4.78 is 24.0. The van der Waals surface area contributed by atoms with Crippen molar-refractivity contribution in [2.75, 3.05) is 6.61 Å². The van der Waals surface area contributed by atoms with Crippen LogP contribution in [0.15, 0.2) is 126 Å². The van der Waals surface area contributed by atoms with Crippen LogP contribution in [-0.2, 0) is 23.7 Å². The fourth-order valence-electron chi connectivity index (χ4n) is 5.06. The number of thiocarbonyl (C=S) groups is 1. The highest BCUT2D eigenvalue weighted by molar-refractivity contribution is 8.26. The molecule has 2 aliphatic heterocycles. The molecule has 6 rings (SSSR count). The third-order valence-corrected chi connectivity index (χ3v) is 8.68. The van der Waals surface area contributed by atoms with E-state index in [1.807, 2.05) is 30.3 Å². The Bertz CT molecular complexity index is 1800. The number of carbonyl (C=O) groups excluding carboxylic acids is 4. The molecule has 11 heteroatoms. The summed E-state index contributed by atoms with van der Waals surface area (Å²) in [5.41, 5.74) is 1.55. The summed E-state index contributed by atoms with van der Waals surface area (Å²) >= 11 is 6.70. The lowest BCUT2D eigenvalue weighted by Crippen LogP contribution is -2.49. The van der Waals surface area contributed by atoms with Crippen molar-refractivity contribution in [3.05, 3.63) is 148 Å². The molecule has 47 heavy (non-hydrogen) atoms. The third-order valence-electron chi connectivity index (χ3n) is 7.35. The van der Waals surface area contributed by atoms with Crippen molar-refractivity contribution < 1.29 is 38.1 Å². The predicted octanol–water partition coefficient (Wildman–Crippen LogP) is 5.92. The maximum Gasteiger partial charge on any atom is 0.338 e. The molecule has 0 saturated carbocycles. The number of esters is 3. The number of hydrogen-bond donors (Lipinski definition) is 0. The van der Waals surface area contributed by atoms with E-state index in [0.29, 0.717) is 10.5 Å². The van der Waals surface area contributed by atoms with Crippen LogP contribution in [0.25, 0.3) is 6.08 Å². The minimum atomic E-state index is -1.35. The van der Waals surface area contributed by atoms with Crippen molar-refractivity contribution in [1.29, 1.82) is 0 Å². The van der Waals surface area contributed by atoms with Gasteiger partial charge in [-0.3, -0.25) is 9.69 Å². The molecule has 0 aliphatic carbocycles. The normalized spacial score (nSPS) is 21.4. The average molecular weight is 666 g/mol. The van der Waals surface area contributed by atoms with Crippen LogP contribution in [0.5, 0.6) is 0 Å². The number of nitrogens with zero attached hydrogens (tertiary/aromatic N) is 1. The van der Waals surface area contributed by atoms with E-state index in [1.165, 1.54) is 4.90 Å². The highest BCUT2D eigenvalue weighted by Crippen LogP contribution is 2.39. The van der Waals surface area contributed by atoms with E-state index in [9.17, 15) is 19.2 Å². The summed E-state index contributed by atoms with van der Waals surface area (Å²) in [6.07, 6.45) is -3.41. The van der Waals surface area contributed by atoms with Gasteiger partial charge >= 0.3 is 17.9 Å². The van der Waals surface area contributed by atoms with Crippen molar-refractivity contribution >= 4 is 58.2 Å². The van der Waals surface area contributed by atoms with Gasteiger partial charge in [0.2, 0.25) is 0 Å². The van der Waals surface area contributed by atoms with E-state index in [4.69, 9.17) is 31.2 Å². The molecule has 0 N–H and O–H groups in total. The van der Waals surface area contributed by atoms with Gasteiger partial charge in [-0.05, 0) is 48.0 Å². The van der Waals surface area contributed by atoms with Crippen LogP contribution in [0.4, 0.5) is 0 Å². The number of benzene rings is 4. The molecular formula is C36H27NO8S2. The first-order valence-corrected chi connectivity index (χ1v) is 15.8. The molecule has 0 radical (unpaired) electrons. The van der Waals surface area contributed by atoms with Crippen LogP contribution in [0.1, 0.15) is 36.6 Å². The molecule has 4 atom stereocenters. The van der Waals surface area contributed by atoms with E-state index in [1.54, 1.807) is 97.1 Å². The molecule has 0 spiro atoms. The standard InChI is InChI=1S/C36H27NO8S2/c38-31-28(21-23-13-5-1-6-14-23)47-36(46)37(31)32-30(45-35(41)26-19-11-4-12-20-26)29(44-34(40)25-17-9-3-10-18-25)27(43-32)22-42-33(39)24-15-7-2-8-16-24/h1-21,27,29-30,32H,22H2/t27-,29-,30-,32-/m1/s1. The summed E-state index contributed by atoms with van der Waals surface area (Å²) in [4.78, 5) is 55.1. The molecule has 4 aromatic rings. The fraction of sp³-hybridized carbons (Fsp3) is 0.139. The summed E-state index contributed by atoms with van der Waals surface area (Å²) in [6, 6.07) is 34.1. The van der Waals surface area contributed by atoms with Gasteiger partial charge in [-0.25, -0.2) is 14.4 Å². The number of hydrogen-bond acceptors (Lipinski definition) is 10. The molecule has 0 bridgehead atoms. The van der Waals surface area contributed by atoms with Crippen LogP contribution in [0.3, 0.4) is 0 Å². The lowest BCUT2D eigenvalue weighted by atomic mass is 10.1. The van der Waals surface area contributed by atoms with Gasteiger partial charge in [-0.15, -0.1) is 0 Å². The maximum atomic E-state index is 13.9. The Morgan fingerprint density at radius 1 is 0.702 bits per heavy atom. The lowest BCUT2D eigenvalue weighted by Gasteiger charge is -2.28. The van der Waals surface area contributed by atoms with E-state index < -0.39 is 48.4 Å². The Kier molecular flexibility index (Phi) is 9.86. The Balaban J connectivity index is 1.34. The smallest absolute Gasteiger partial charge is 0.338 e. The van der Waals surface area contributed by atoms with Gasteiger partial charge in [0.1, 0.15) is 12.7 Å². The first-order chi connectivity index (χ1) is 22.9. The van der Waals surface area contributed by atoms with Crippen LogP contribution >= 0.6 is 24.0 Å². The van der Waals surface area contributed by atoms with Crippen LogP contribution in [-0.4, -0.2) is 64.2 Å². The summed E-state index contributed by atoms with van der Waals surface area (Å²) in [7, 11) is 0.